The molecule has 0 saturated carbocycles. The summed E-state index contributed by atoms with van der Waals surface area (Å²) < 4.78 is 19.0. The first-order valence-electron chi connectivity index (χ1n) is 9.00. The number of aromatic nitrogens is 1. The Hall–Kier alpha value is -2.31. The van der Waals surface area contributed by atoms with Gasteiger partial charge >= 0.3 is 0 Å². The number of carbonyl (C=O) groups excluding carboxylic acids is 1. The van der Waals surface area contributed by atoms with Gasteiger partial charge in [-0.3, -0.25) is 14.7 Å². The Morgan fingerprint density at radius 1 is 1.23 bits per heavy atom. The Labute approximate surface area is 152 Å². The van der Waals surface area contributed by atoms with Crippen LogP contribution in [-0.2, 0) is 11.3 Å². The molecule has 1 aromatic carbocycles. The van der Waals surface area contributed by atoms with Gasteiger partial charge in [0, 0.05) is 38.6 Å². The van der Waals surface area contributed by atoms with Crippen molar-refractivity contribution in [2.24, 2.45) is 0 Å². The minimum absolute atomic E-state index is 0.0139. The molecule has 2 aliphatic heterocycles. The maximum atomic E-state index is 13.1. The van der Waals surface area contributed by atoms with E-state index in [-0.39, 0.29) is 23.9 Å². The second kappa shape index (κ2) is 7.51. The van der Waals surface area contributed by atoms with Gasteiger partial charge in [-0.1, -0.05) is 12.1 Å². The number of halogens is 1. The number of rotatable bonds is 3. The normalized spacial score (nSPS) is 23.5. The number of amides is 1. The topological polar surface area (TPSA) is 45.7 Å². The van der Waals surface area contributed by atoms with E-state index in [4.69, 9.17) is 4.74 Å². The SMILES string of the molecule is O=C(c1cccnc1)N1CCO[C@@H]2CCN(Cc3ccc(F)cc3)C[C@H]21. The quantitative estimate of drug-likeness (QED) is 0.848. The minimum atomic E-state index is -0.221. The number of hydrogen-bond donors (Lipinski definition) is 0. The van der Waals surface area contributed by atoms with Crippen LogP contribution in [0.25, 0.3) is 0 Å². The fourth-order valence-corrected chi connectivity index (χ4v) is 3.84. The van der Waals surface area contributed by atoms with E-state index in [0.29, 0.717) is 18.7 Å². The highest BCUT2D eigenvalue weighted by atomic mass is 19.1. The summed E-state index contributed by atoms with van der Waals surface area (Å²) in [6.45, 7) is 3.59. The van der Waals surface area contributed by atoms with Crippen molar-refractivity contribution in [3.63, 3.8) is 0 Å². The summed E-state index contributed by atoms with van der Waals surface area (Å²) in [6, 6.07) is 10.2. The van der Waals surface area contributed by atoms with Gasteiger partial charge < -0.3 is 9.64 Å². The van der Waals surface area contributed by atoms with E-state index in [1.165, 1.54) is 12.1 Å². The Morgan fingerprint density at radius 3 is 2.85 bits per heavy atom. The van der Waals surface area contributed by atoms with Gasteiger partial charge in [0.2, 0.25) is 0 Å². The van der Waals surface area contributed by atoms with Crippen molar-refractivity contribution in [3.05, 3.63) is 65.7 Å². The van der Waals surface area contributed by atoms with Gasteiger partial charge in [-0.2, -0.15) is 0 Å². The lowest BCUT2D eigenvalue weighted by atomic mass is 9.97. The van der Waals surface area contributed by atoms with Crippen LogP contribution < -0.4 is 0 Å². The van der Waals surface area contributed by atoms with Crippen molar-refractivity contribution < 1.29 is 13.9 Å². The maximum Gasteiger partial charge on any atom is 0.255 e. The lowest BCUT2D eigenvalue weighted by Crippen LogP contribution is -2.61. The molecule has 0 unspecified atom stereocenters. The molecule has 0 spiro atoms. The number of hydrogen-bond acceptors (Lipinski definition) is 4. The van der Waals surface area contributed by atoms with Crippen molar-refractivity contribution in [1.29, 1.82) is 0 Å². The summed E-state index contributed by atoms with van der Waals surface area (Å²) in [5, 5.41) is 0. The molecule has 0 bridgehead atoms. The van der Waals surface area contributed by atoms with Gasteiger partial charge in [-0.05, 0) is 36.2 Å². The average Bonchev–Trinajstić information content (AvgIpc) is 2.69. The first-order chi connectivity index (χ1) is 12.7. The molecule has 2 atom stereocenters. The van der Waals surface area contributed by atoms with Crippen LogP contribution in [0.2, 0.25) is 0 Å². The Morgan fingerprint density at radius 2 is 2.08 bits per heavy atom. The van der Waals surface area contributed by atoms with Crippen LogP contribution in [0.15, 0.2) is 48.8 Å². The first-order valence-corrected chi connectivity index (χ1v) is 9.00. The van der Waals surface area contributed by atoms with Crippen LogP contribution in [0.1, 0.15) is 22.3 Å². The Kier molecular flexibility index (Phi) is 4.95. The number of carbonyl (C=O) groups is 1. The summed E-state index contributed by atoms with van der Waals surface area (Å²) in [5.74, 6) is -0.207. The number of nitrogens with zero attached hydrogens (tertiary/aromatic N) is 3. The largest absolute Gasteiger partial charge is 0.374 e. The summed E-state index contributed by atoms with van der Waals surface area (Å²) in [4.78, 5) is 21.2. The summed E-state index contributed by atoms with van der Waals surface area (Å²) in [5.41, 5.74) is 1.69. The van der Waals surface area contributed by atoms with E-state index in [0.717, 1.165) is 31.6 Å². The smallest absolute Gasteiger partial charge is 0.255 e. The zero-order valence-electron chi connectivity index (χ0n) is 14.6. The summed E-state index contributed by atoms with van der Waals surface area (Å²) in [6.07, 6.45) is 4.26. The number of fused-ring (bicyclic) bond motifs is 1. The van der Waals surface area contributed by atoms with Crippen LogP contribution in [-0.4, -0.2) is 59.1 Å². The van der Waals surface area contributed by atoms with E-state index in [1.54, 1.807) is 24.5 Å². The molecule has 136 valence electrons. The highest BCUT2D eigenvalue weighted by molar-refractivity contribution is 5.94. The molecule has 2 aliphatic rings. The van der Waals surface area contributed by atoms with Crippen molar-refractivity contribution in [2.45, 2.75) is 25.1 Å². The fraction of sp³-hybridized carbons (Fsp3) is 0.400. The average molecular weight is 355 g/mol. The molecule has 26 heavy (non-hydrogen) atoms. The third-order valence-electron chi connectivity index (χ3n) is 5.16. The van der Waals surface area contributed by atoms with Gasteiger partial charge in [0.15, 0.2) is 0 Å². The molecule has 2 saturated heterocycles. The van der Waals surface area contributed by atoms with Gasteiger partial charge in [0.05, 0.1) is 24.3 Å². The predicted octanol–water partition coefficient (Wildman–Crippen LogP) is 2.34. The molecule has 1 amide bonds. The number of likely N-dealkylation sites (tertiary alicyclic amines) is 1. The highest BCUT2D eigenvalue weighted by Gasteiger charge is 2.39. The van der Waals surface area contributed by atoms with Gasteiger partial charge in [0.1, 0.15) is 5.82 Å². The molecule has 0 N–H and O–H groups in total. The number of morpholine rings is 1. The van der Waals surface area contributed by atoms with E-state index in [2.05, 4.69) is 9.88 Å². The minimum Gasteiger partial charge on any atom is -0.374 e. The zero-order valence-corrected chi connectivity index (χ0v) is 14.6. The standard InChI is InChI=1S/C20H22FN3O2/c21-17-5-3-15(4-6-17)13-23-9-7-19-18(14-23)24(10-11-26-19)20(25)16-2-1-8-22-12-16/h1-6,8,12,18-19H,7,9-11,13-14H2/t18-,19-/m1/s1. The lowest BCUT2D eigenvalue weighted by Gasteiger charge is -2.47. The molecule has 3 heterocycles. The second-order valence-electron chi connectivity index (χ2n) is 6.87. The molecule has 5 nitrogen and oxygen atoms in total. The Balaban J connectivity index is 1.48. The first kappa shape index (κ1) is 17.1. The van der Waals surface area contributed by atoms with Crippen LogP contribution in [0.3, 0.4) is 0 Å². The number of benzene rings is 1. The molecule has 1 aromatic heterocycles. The monoisotopic (exact) mass is 355 g/mol. The predicted molar refractivity (Wildman–Crippen MR) is 95.1 cm³/mol. The fourth-order valence-electron chi connectivity index (χ4n) is 3.84. The van der Waals surface area contributed by atoms with Crippen LogP contribution in [0, 0.1) is 5.82 Å². The van der Waals surface area contributed by atoms with Crippen molar-refractivity contribution in [1.82, 2.24) is 14.8 Å². The van der Waals surface area contributed by atoms with Crippen LogP contribution in [0.4, 0.5) is 4.39 Å². The van der Waals surface area contributed by atoms with Gasteiger partial charge in [-0.25, -0.2) is 4.39 Å². The van der Waals surface area contributed by atoms with E-state index in [1.807, 2.05) is 17.0 Å². The summed E-state index contributed by atoms with van der Waals surface area (Å²) >= 11 is 0. The van der Waals surface area contributed by atoms with Crippen LogP contribution in [0.5, 0.6) is 0 Å². The second-order valence-corrected chi connectivity index (χ2v) is 6.87. The molecule has 2 aromatic rings. The molecular weight excluding hydrogens is 333 g/mol. The van der Waals surface area contributed by atoms with Crippen molar-refractivity contribution in [2.75, 3.05) is 26.2 Å². The van der Waals surface area contributed by atoms with Crippen LogP contribution >= 0.6 is 0 Å². The van der Waals surface area contributed by atoms with Crippen molar-refractivity contribution in [3.8, 4) is 0 Å². The van der Waals surface area contributed by atoms with Gasteiger partial charge in [0.25, 0.3) is 5.91 Å². The van der Waals surface area contributed by atoms with E-state index >= 15 is 0 Å². The zero-order chi connectivity index (χ0) is 17.9. The Bertz CT molecular complexity index is 753. The third-order valence-corrected chi connectivity index (χ3v) is 5.16. The molecule has 4 rings (SSSR count). The number of ether oxygens (including phenoxy) is 1. The van der Waals surface area contributed by atoms with Gasteiger partial charge in [-0.15, -0.1) is 0 Å². The number of piperidine rings is 1. The molecule has 0 aliphatic carbocycles. The maximum absolute atomic E-state index is 13.1. The molecular formula is C20H22FN3O2. The molecule has 6 heteroatoms. The van der Waals surface area contributed by atoms with E-state index < -0.39 is 0 Å². The third kappa shape index (κ3) is 3.61. The highest BCUT2D eigenvalue weighted by Crippen LogP contribution is 2.25. The molecule has 0 radical (unpaired) electrons. The summed E-state index contributed by atoms with van der Waals surface area (Å²) in [7, 11) is 0. The van der Waals surface area contributed by atoms with Crippen molar-refractivity contribution >= 4 is 5.91 Å². The number of pyridine rings is 1. The lowest BCUT2D eigenvalue weighted by molar-refractivity contribution is -0.0914. The van der Waals surface area contributed by atoms with E-state index in [9.17, 15) is 9.18 Å². The molecule has 2 fully saturated rings.